The molecule has 3 N–H and O–H groups in total. The molecule has 1 heterocycles. The van der Waals surface area contributed by atoms with Gasteiger partial charge in [0.25, 0.3) is 5.91 Å². The van der Waals surface area contributed by atoms with Crippen LogP contribution in [0.1, 0.15) is 29.4 Å². The number of anilines is 1. The first-order valence-electron chi connectivity index (χ1n) is 6.24. The Morgan fingerprint density at radius 2 is 2.26 bits per heavy atom. The van der Waals surface area contributed by atoms with E-state index in [1.54, 1.807) is 0 Å². The third-order valence-electron chi connectivity index (χ3n) is 3.67. The van der Waals surface area contributed by atoms with Crippen molar-refractivity contribution in [1.29, 1.82) is 0 Å². The van der Waals surface area contributed by atoms with Crippen LogP contribution in [0.25, 0.3) is 10.1 Å². The highest BCUT2D eigenvalue weighted by Crippen LogP contribution is 2.44. The van der Waals surface area contributed by atoms with E-state index in [0.29, 0.717) is 21.0 Å². The third-order valence-corrected chi connectivity index (χ3v) is 5.09. The molecule has 0 spiro atoms. The summed E-state index contributed by atoms with van der Waals surface area (Å²) in [5.41, 5.74) is 6.88. The molecule has 5 heteroatoms. The van der Waals surface area contributed by atoms with E-state index in [4.69, 9.17) is 17.3 Å². The number of nitrogen functional groups attached to an aromatic ring is 1. The van der Waals surface area contributed by atoms with Crippen LogP contribution in [0.3, 0.4) is 0 Å². The molecule has 0 bridgehead atoms. The monoisotopic (exact) mass is 294 g/mol. The Balaban J connectivity index is 1.87. The number of benzene rings is 1. The van der Waals surface area contributed by atoms with Crippen LogP contribution in [0.4, 0.5) is 5.69 Å². The minimum absolute atomic E-state index is 0.0806. The topological polar surface area (TPSA) is 55.1 Å². The molecule has 1 aromatic carbocycles. The summed E-state index contributed by atoms with van der Waals surface area (Å²) in [5.74, 6) is -0.0806. The van der Waals surface area contributed by atoms with Crippen molar-refractivity contribution in [3.8, 4) is 0 Å². The van der Waals surface area contributed by atoms with Gasteiger partial charge in [-0.2, -0.15) is 0 Å². The van der Waals surface area contributed by atoms with Crippen molar-refractivity contribution in [3.05, 3.63) is 28.1 Å². The first kappa shape index (κ1) is 12.8. The minimum Gasteiger partial charge on any atom is -0.397 e. The molecule has 3 rings (SSSR count). The van der Waals surface area contributed by atoms with E-state index in [9.17, 15) is 4.79 Å². The Bertz CT molecular complexity index is 661. The Morgan fingerprint density at radius 1 is 1.53 bits per heavy atom. The summed E-state index contributed by atoms with van der Waals surface area (Å²) in [7, 11) is 0. The van der Waals surface area contributed by atoms with Crippen molar-refractivity contribution in [1.82, 2.24) is 5.32 Å². The van der Waals surface area contributed by atoms with Crippen molar-refractivity contribution in [2.45, 2.75) is 19.8 Å². The highest BCUT2D eigenvalue weighted by molar-refractivity contribution is 7.21. The Hall–Kier alpha value is -1.26. The van der Waals surface area contributed by atoms with Crippen LogP contribution in [0.15, 0.2) is 18.2 Å². The maximum Gasteiger partial charge on any atom is 0.263 e. The predicted molar refractivity (Wildman–Crippen MR) is 80.9 cm³/mol. The van der Waals surface area contributed by atoms with Gasteiger partial charge in [0.1, 0.15) is 4.88 Å². The van der Waals surface area contributed by atoms with Gasteiger partial charge in [0, 0.05) is 21.7 Å². The van der Waals surface area contributed by atoms with Crippen molar-refractivity contribution >= 4 is 44.6 Å². The highest BCUT2D eigenvalue weighted by Gasteiger charge is 2.37. The van der Waals surface area contributed by atoms with Crippen LogP contribution in [0, 0.1) is 5.41 Å². The number of thiophene rings is 1. The second-order valence-electron chi connectivity index (χ2n) is 5.48. The largest absolute Gasteiger partial charge is 0.397 e. The van der Waals surface area contributed by atoms with Gasteiger partial charge in [0.2, 0.25) is 0 Å². The molecule has 100 valence electrons. The van der Waals surface area contributed by atoms with Crippen LogP contribution in [-0.4, -0.2) is 12.5 Å². The molecule has 0 aliphatic heterocycles. The molecule has 2 aromatic rings. The smallest absolute Gasteiger partial charge is 0.263 e. The lowest BCUT2D eigenvalue weighted by Crippen LogP contribution is -2.28. The first-order valence-corrected chi connectivity index (χ1v) is 7.44. The molecule has 1 amide bonds. The molecular formula is C14H15ClN2OS. The second kappa shape index (κ2) is 4.39. The van der Waals surface area contributed by atoms with E-state index in [-0.39, 0.29) is 5.91 Å². The number of fused-ring (bicyclic) bond motifs is 1. The van der Waals surface area contributed by atoms with Gasteiger partial charge >= 0.3 is 0 Å². The Morgan fingerprint density at radius 3 is 2.95 bits per heavy atom. The SMILES string of the molecule is CC1(CNC(=O)c2sc3ccc(Cl)cc3c2N)CC1. The molecule has 3 nitrogen and oxygen atoms in total. The molecule has 1 aliphatic rings. The molecule has 1 saturated carbocycles. The molecule has 1 fully saturated rings. The number of hydrogen-bond acceptors (Lipinski definition) is 3. The summed E-state index contributed by atoms with van der Waals surface area (Å²) in [6.07, 6.45) is 2.37. The molecule has 1 aromatic heterocycles. The fourth-order valence-electron chi connectivity index (χ4n) is 2.02. The maximum absolute atomic E-state index is 12.2. The van der Waals surface area contributed by atoms with Crippen LogP contribution >= 0.6 is 22.9 Å². The van der Waals surface area contributed by atoms with E-state index < -0.39 is 0 Å². The van der Waals surface area contributed by atoms with Gasteiger partial charge in [-0.3, -0.25) is 4.79 Å². The predicted octanol–water partition coefficient (Wildman–Crippen LogP) is 3.67. The number of carbonyl (C=O) groups excluding carboxylic acids is 1. The van der Waals surface area contributed by atoms with Gasteiger partial charge in [0.05, 0.1) is 5.69 Å². The number of carbonyl (C=O) groups is 1. The normalized spacial score (nSPS) is 16.5. The van der Waals surface area contributed by atoms with Crippen molar-refractivity contribution < 1.29 is 4.79 Å². The molecule has 0 saturated heterocycles. The maximum atomic E-state index is 12.2. The summed E-state index contributed by atoms with van der Waals surface area (Å²) in [4.78, 5) is 12.8. The van der Waals surface area contributed by atoms with E-state index >= 15 is 0 Å². The van der Waals surface area contributed by atoms with Crippen LogP contribution in [-0.2, 0) is 0 Å². The molecule has 1 aliphatic carbocycles. The van der Waals surface area contributed by atoms with Gasteiger partial charge in [-0.1, -0.05) is 18.5 Å². The fraction of sp³-hybridized carbons (Fsp3) is 0.357. The van der Waals surface area contributed by atoms with E-state index in [1.165, 1.54) is 24.2 Å². The molecule has 0 unspecified atom stereocenters. The number of hydrogen-bond donors (Lipinski definition) is 2. The number of nitrogens with two attached hydrogens (primary N) is 1. The lowest BCUT2D eigenvalue weighted by molar-refractivity contribution is 0.0951. The average Bonchev–Trinajstić information content (AvgIpc) is 3.03. The quantitative estimate of drug-likeness (QED) is 0.907. The molecule has 0 radical (unpaired) electrons. The minimum atomic E-state index is -0.0806. The van der Waals surface area contributed by atoms with Crippen molar-refractivity contribution in [2.75, 3.05) is 12.3 Å². The third kappa shape index (κ3) is 2.42. The zero-order chi connectivity index (χ0) is 13.6. The summed E-state index contributed by atoms with van der Waals surface area (Å²) >= 11 is 7.37. The number of halogens is 1. The standard InChI is InChI=1S/C14H15ClN2OS/c1-14(4-5-14)7-17-13(18)12-11(16)9-6-8(15)2-3-10(9)19-12/h2-3,6H,4-5,7,16H2,1H3,(H,17,18). The molecule has 0 atom stereocenters. The van der Waals surface area contributed by atoms with Crippen molar-refractivity contribution in [3.63, 3.8) is 0 Å². The van der Waals surface area contributed by atoms with Gasteiger partial charge in [-0.25, -0.2) is 0 Å². The highest BCUT2D eigenvalue weighted by atomic mass is 35.5. The van der Waals surface area contributed by atoms with Gasteiger partial charge < -0.3 is 11.1 Å². The number of rotatable bonds is 3. The Labute approximate surface area is 120 Å². The van der Waals surface area contributed by atoms with Crippen molar-refractivity contribution in [2.24, 2.45) is 5.41 Å². The number of amides is 1. The summed E-state index contributed by atoms with van der Waals surface area (Å²) < 4.78 is 0.990. The lowest BCUT2D eigenvalue weighted by atomic mass is 10.1. The second-order valence-corrected chi connectivity index (χ2v) is 6.97. The van der Waals surface area contributed by atoms with E-state index in [1.807, 2.05) is 18.2 Å². The summed E-state index contributed by atoms with van der Waals surface area (Å²) in [5, 5.41) is 4.47. The lowest BCUT2D eigenvalue weighted by Gasteiger charge is -2.09. The van der Waals surface area contributed by atoms with Crippen LogP contribution in [0.2, 0.25) is 5.02 Å². The van der Waals surface area contributed by atoms with Gasteiger partial charge in [0.15, 0.2) is 0 Å². The van der Waals surface area contributed by atoms with Gasteiger partial charge in [-0.15, -0.1) is 11.3 Å². The van der Waals surface area contributed by atoms with Gasteiger partial charge in [-0.05, 0) is 36.5 Å². The zero-order valence-corrected chi connectivity index (χ0v) is 12.2. The van der Waals surface area contributed by atoms with E-state index in [0.717, 1.165) is 16.6 Å². The Kier molecular flexibility index (Phi) is 2.95. The van der Waals surface area contributed by atoms with Crippen LogP contribution in [0.5, 0.6) is 0 Å². The summed E-state index contributed by atoms with van der Waals surface area (Å²) in [6.45, 7) is 2.90. The van der Waals surface area contributed by atoms with Crippen LogP contribution < -0.4 is 11.1 Å². The zero-order valence-electron chi connectivity index (χ0n) is 10.6. The average molecular weight is 295 g/mol. The fourth-order valence-corrected chi connectivity index (χ4v) is 3.21. The van der Waals surface area contributed by atoms with E-state index in [2.05, 4.69) is 12.2 Å². The summed E-state index contributed by atoms with van der Waals surface area (Å²) in [6, 6.07) is 5.52. The first-order chi connectivity index (χ1) is 8.98. The number of nitrogens with one attached hydrogen (secondary N) is 1. The molecular weight excluding hydrogens is 280 g/mol. The molecule has 19 heavy (non-hydrogen) atoms.